The molecule has 0 unspecified atom stereocenters. The van der Waals surface area contributed by atoms with Crippen LogP contribution in [0.15, 0.2) is 53.1 Å². The van der Waals surface area contributed by atoms with E-state index >= 15 is 0 Å². The van der Waals surface area contributed by atoms with Gasteiger partial charge in [-0.15, -0.1) is 0 Å². The predicted octanol–water partition coefficient (Wildman–Crippen LogP) is 3.67. The third kappa shape index (κ3) is 4.72. The van der Waals surface area contributed by atoms with Crippen LogP contribution < -0.4 is 16.0 Å². The van der Waals surface area contributed by atoms with Crippen LogP contribution in [0.5, 0.6) is 0 Å². The van der Waals surface area contributed by atoms with Gasteiger partial charge in [0.15, 0.2) is 0 Å². The Kier molecular flexibility index (Phi) is 6.34. The molecule has 0 aliphatic heterocycles. The molecule has 1 aliphatic carbocycles. The van der Waals surface area contributed by atoms with Crippen LogP contribution in [0.1, 0.15) is 32.0 Å². The van der Waals surface area contributed by atoms with Crippen LogP contribution >= 0.6 is 0 Å². The molecule has 1 aliphatic rings. The molecule has 0 spiro atoms. The molecular formula is C23H23FN4O4. The van der Waals surface area contributed by atoms with Gasteiger partial charge in [0.05, 0.1) is 30.2 Å². The first kappa shape index (κ1) is 21.4. The number of amides is 1. The van der Waals surface area contributed by atoms with E-state index in [0.717, 1.165) is 12.8 Å². The van der Waals surface area contributed by atoms with E-state index in [2.05, 4.69) is 33.1 Å². The number of ether oxygens (including phenoxy) is 1. The average Bonchev–Trinajstić information content (AvgIpc) is 3.44. The SMILES string of the molecule is COC(=O)c1ccc(NC(=O)c2cnc(NC3Cc4ccccc4C3)o2)c(NCCF)c1. The van der Waals surface area contributed by atoms with Crippen molar-refractivity contribution in [2.75, 3.05) is 36.3 Å². The van der Waals surface area contributed by atoms with E-state index in [-0.39, 0.29) is 29.9 Å². The molecule has 9 heteroatoms. The molecule has 3 N–H and O–H groups in total. The van der Waals surface area contributed by atoms with Crippen molar-refractivity contribution in [1.29, 1.82) is 0 Å². The van der Waals surface area contributed by atoms with E-state index in [1.54, 1.807) is 0 Å². The normalized spacial score (nSPS) is 12.8. The maximum atomic E-state index is 12.7. The van der Waals surface area contributed by atoms with Gasteiger partial charge in [0.1, 0.15) is 6.67 Å². The van der Waals surface area contributed by atoms with Crippen LogP contribution in [0.2, 0.25) is 0 Å². The van der Waals surface area contributed by atoms with Gasteiger partial charge < -0.3 is 25.1 Å². The van der Waals surface area contributed by atoms with E-state index in [1.165, 1.54) is 42.6 Å². The number of benzene rings is 2. The zero-order valence-electron chi connectivity index (χ0n) is 17.5. The summed E-state index contributed by atoms with van der Waals surface area (Å²) in [5.41, 5.74) is 3.61. The molecule has 3 aromatic rings. The van der Waals surface area contributed by atoms with Crippen LogP contribution in [-0.2, 0) is 17.6 Å². The molecule has 4 rings (SSSR count). The van der Waals surface area contributed by atoms with E-state index < -0.39 is 18.6 Å². The molecule has 0 radical (unpaired) electrons. The van der Waals surface area contributed by atoms with Gasteiger partial charge >= 0.3 is 5.97 Å². The zero-order valence-corrected chi connectivity index (χ0v) is 17.5. The van der Waals surface area contributed by atoms with Crippen LogP contribution in [0.3, 0.4) is 0 Å². The van der Waals surface area contributed by atoms with Crippen molar-refractivity contribution < 1.29 is 23.1 Å². The van der Waals surface area contributed by atoms with E-state index in [1.807, 2.05) is 12.1 Å². The van der Waals surface area contributed by atoms with Crippen molar-refractivity contribution in [3.63, 3.8) is 0 Å². The second-order valence-electron chi connectivity index (χ2n) is 7.37. The molecule has 8 nitrogen and oxygen atoms in total. The number of hydrogen-bond acceptors (Lipinski definition) is 7. The van der Waals surface area contributed by atoms with Crippen molar-refractivity contribution in [2.24, 2.45) is 0 Å². The van der Waals surface area contributed by atoms with Gasteiger partial charge in [-0.05, 0) is 42.2 Å². The lowest BCUT2D eigenvalue weighted by atomic mass is 10.1. The highest BCUT2D eigenvalue weighted by Crippen LogP contribution is 2.26. The van der Waals surface area contributed by atoms with Gasteiger partial charge in [0, 0.05) is 12.6 Å². The molecule has 0 atom stereocenters. The summed E-state index contributed by atoms with van der Waals surface area (Å²) >= 11 is 0. The Morgan fingerprint density at radius 3 is 2.59 bits per heavy atom. The minimum Gasteiger partial charge on any atom is -0.465 e. The molecule has 32 heavy (non-hydrogen) atoms. The number of alkyl halides is 1. The van der Waals surface area contributed by atoms with Crippen molar-refractivity contribution in [3.05, 3.63) is 71.1 Å². The van der Waals surface area contributed by atoms with Crippen LogP contribution in [0.25, 0.3) is 0 Å². The Balaban J connectivity index is 1.43. The van der Waals surface area contributed by atoms with E-state index in [9.17, 15) is 14.0 Å². The monoisotopic (exact) mass is 438 g/mol. The smallest absolute Gasteiger partial charge is 0.337 e. The fourth-order valence-electron chi connectivity index (χ4n) is 3.69. The number of methoxy groups -OCH3 is 1. The lowest BCUT2D eigenvalue weighted by Gasteiger charge is -2.13. The highest BCUT2D eigenvalue weighted by Gasteiger charge is 2.23. The number of halogens is 1. The fraction of sp³-hybridized carbons (Fsp3) is 0.261. The predicted molar refractivity (Wildman–Crippen MR) is 118 cm³/mol. The number of esters is 1. The number of carbonyl (C=O) groups is 2. The van der Waals surface area contributed by atoms with E-state index in [4.69, 9.17) is 9.15 Å². The number of carbonyl (C=O) groups excluding carboxylic acids is 2. The van der Waals surface area contributed by atoms with Gasteiger partial charge in [-0.3, -0.25) is 4.79 Å². The first-order valence-electron chi connectivity index (χ1n) is 10.2. The molecule has 166 valence electrons. The van der Waals surface area contributed by atoms with Gasteiger partial charge in [-0.2, -0.15) is 0 Å². The first-order chi connectivity index (χ1) is 15.6. The minimum atomic E-state index is -0.613. The molecule has 0 fully saturated rings. The standard InChI is InChI=1S/C23H23FN4O4/c1-31-22(30)16-6-7-18(19(12-16)25-9-8-24)28-21(29)20-13-26-23(32-20)27-17-10-14-4-2-3-5-15(14)11-17/h2-7,12-13,17,25H,8-11H2,1H3,(H,26,27)(H,28,29). The maximum Gasteiger partial charge on any atom is 0.337 e. The second-order valence-corrected chi connectivity index (χ2v) is 7.37. The summed E-state index contributed by atoms with van der Waals surface area (Å²) < 4.78 is 22.9. The largest absolute Gasteiger partial charge is 0.465 e. The summed E-state index contributed by atoms with van der Waals surface area (Å²) in [5.74, 6) is -1.03. The number of anilines is 3. The minimum absolute atomic E-state index is 0.0215. The third-order valence-corrected chi connectivity index (χ3v) is 5.21. The zero-order chi connectivity index (χ0) is 22.5. The van der Waals surface area contributed by atoms with Gasteiger partial charge in [0.2, 0.25) is 5.76 Å². The molecule has 0 saturated heterocycles. The molecule has 0 saturated carbocycles. The van der Waals surface area contributed by atoms with Crippen molar-refractivity contribution in [2.45, 2.75) is 18.9 Å². The number of rotatable bonds is 8. The first-order valence-corrected chi connectivity index (χ1v) is 10.2. The highest BCUT2D eigenvalue weighted by molar-refractivity contribution is 6.04. The number of nitrogens with zero attached hydrogens (tertiary/aromatic N) is 1. The summed E-state index contributed by atoms with van der Waals surface area (Å²) in [6, 6.07) is 13.2. The summed E-state index contributed by atoms with van der Waals surface area (Å²) in [7, 11) is 1.27. The lowest BCUT2D eigenvalue weighted by Crippen LogP contribution is -2.19. The Morgan fingerprint density at radius 1 is 1.16 bits per heavy atom. The number of aromatic nitrogens is 1. The van der Waals surface area contributed by atoms with Gasteiger partial charge in [-0.25, -0.2) is 14.2 Å². The Morgan fingerprint density at radius 2 is 1.91 bits per heavy atom. The Hall–Kier alpha value is -3.88. The topological polar surface area (TPSA) is 105 Å². The Bertz CT molecular complexity index is 1110. The van der Waals surface area contributed by atoms with Crippen molar-refractivity contribution in [1.82, 2.24) is 4.98 Å². The molecule has 1 heterocycles. The number of hydrogen-bond donors (Lipinski definition) is 3. The molecule has 1 aromatic heterocycles. The third-order valence-electron chi connectivity index (χ3n) is 5.21. The summed E-state index contributed by atoms with van der Waals surface area (Å²) in [4.78, 5) is 28.6. The van der Waals surface area contributed by atoms with Gasteiger partial charge in [0.25, 0.3) is 11.9 Å². The number of oxazole rings is 1. The highest BCUT2D eigenvalue weighted by atomic mass is 19.1. The summed E-state index contributed by atoms with van der Waals surface area (Å²) in [6.45, 7) is -0.592. The van der Waals surface area contributed by atoms with Gasteiger partial charge in [-0.1, -0.05) is 24.3 Å². The average molecular weight is 438 g/mol. The van der Waals surface area contributed by atoms with Crippen LogP contribution in [0, 0.1) is 0 Å². The molecular weight excluding hydrogens is 415 g/mol. The fourth-order valence-corrected chi connectivity index (χ4v) is 3.69. The molecule has 0 bridgehead atoms. The molecule has 2 aromatic carbocycles. The Labute approximate surface area is 184 Å². The lowest BCUT2D eigenvalue weighted by molar-refractivity contribution is 0.0600. The second kappa shape index (κ2) is 9.51. The van der Waals surface area contributed by atoms with Crippen LogP contribution in [0.4, 0.5) is 21.8 Å². The summed E-state index contributed by atoms with van der Waals surface area (Å²) in [5, 5.41) is 8.78. The number of nitrogens with one attached hydrogen (secondary N) is 3. The molecule has 1 amide bonds. The maximum absolute atomic E-state index is 12.7. The van der Waals surface area contributed by atoms with E-state index in [0.29, 0.717) is 11.4 Å². The quantitative estimate of drug-likeness (QED) is 0.461. The summed E-state index contributed by atoms with van der Waals surface area (Å²) in [6.07, 6.45) is 3.06. The van der Waals surface area contributed by atoms with Crippen LogP contribution in [-0.4, -0.2) is 43.2 Å². The van der Waals surface area contributed by atoms with Crippen molar-refractivity contribution in [3.8, 4) is 0 Å². The van der Waals surface area contributed by atoms with Crippen molar-refractivity contribution >= 4 is 29.3 Å². The number of fused-ring (bicyclic) bond motifs is 1.